The highest BCUT2D eigenvalue weighted by atomic mass is 16.1. The summed E-state index contributed by atoms with van der Waals surface area (Å²) in [7, 11) is 0. The molecule has 0 aromatic heterocycles. The predicted molar refractivity (Wildman–Crippen MR) is 63.8 cm³/mol. The van der Waals surface area contributed by atoms with Crippen LogP contribution in [0.15, 0.2) is 5.11 Å². The number of azide groups is 1. The lowest BCUT2D eigenvalue weighted by atomic mass is 9.93. The van der Waals surface area contributed by atoms with Gasteiger partial charge < -0.3 is 11.1 Å². The van der Waals surface area contributed by atoms with Crippen molar-refractivity contribution in [3.05, 3.63) is 10.4 Å². The van der Waals surface area contributed by atoms with E-state index in [0.717, 1.165) is 19.3 Å². The molecule has 0 radical (unpaired) electrons. The smallest absolute Gasteiger partial charge is 0.237 e. The summed E-state index contributed by atoms with van der Waals surface area (Å²) in [5, 5.41) is 6.45. The van der Waals surface area contributed by atoms with Gasteiger partial charge in [0.05, 0.1) is 5.54 Å². The average molecular weight is 227 g/mol. The highest BCUT2D eigenvalue weighted by molar-refractivity contribution is 5.84. The van der Waals surface area contributed by atoms with Crippen LogP contribution in [0.3, 0.4) is 0 Å². The van der Waals surface area contributed by atoms with E-state index in [9.17, 15) is 4.79 Å². The van der Waals surface area contributed by atoms with Crippen molar-refractivity contribution in [1.82, 2.24) is 5.32 Å². The SMILES string of the molecule is CCCCCC(C)(NCCN=[N+]=[N-])C(N)=O. The molecule has 0 bridgehead atoms. The summed E-state index contributed by atoms with van der Waals surface area (Å²) in [4.78, 5) is 14.0. The van der Waals surface area contributed by atoms with Crippen LogP contribution in [-0.4, -0.2) is 24.5 Å². The molecule has 1 unspecified atom stereocenters. The van der Waals surface area contributed by atoms with Crippen LogP contribution < -0.4 is 11.1 Å². The first-order valence-electron chi connectivity index (χ1n) is 5.62. The lowest BCUT2D eigenvalue weighted by Crippen LogP contribution is -2.53. The number of hydrogen-bond donors (Lipinski definition) is 2. The first-order valence-corrected chi connectivity index (χ1v) is 5.62. The molecule has 0 aliphatic heterocycles. The summed E-state index contributed by atoms with van der Waals surface area (Å²) in [6, 6.07) is 0. The van der Waals surface area contributed by atoms with Gasteiger partial charge in [0.15, 0.2) is 0 Å². The standard InChI is InChI=1S/C10H21N5O/c1-3-4-5-6-10(2,9(11)16)13-7-8-14-15-12/h13H,3-8H2,1-2H3,(H2,11,16). The average Bonchev–Trinajstić information content (AvgIpc) is 2.25. The number of rotatable bonds is 9. The maximum atomic E-state index is 11.3. The van der Waals surface area contributed by atoms with E-state index >= 15 is 0 Å². The Morgan fingerprint density at radius 3 is 2.75 bits per heavy atom. The predicted octanol–water partition coefficient (Wildman–Crippen LogP) is 1.71. The second kappa shape index (κ2) is 7.96. The van der Waals surface area contributed by atoms with Gasteiger partial charge in [-0.1, -0.05) is 31.3 Å². The molecule has 0 saturated heterocycles. The second-order valence-electron chi connectivity index (χ2n) is 4.03. The van der Waals surface area contributed by atoms with Crippen molar-refractivity contribution in [2.45, 2.75) is 45.1 Å². The van der Waals surface area contributed by atoms with E-state index in [-0.39, 0.29) is 5.91 Å². The Labute approximate surface area is 96.2 Å². The molecule has 0 rings (SSSR count). The zero-order chi connectivity index (χ0) is 12.4. The minimum Gasteiger partial charge on any atom is -0.368 e. The summed E-state index contributed by atoms with van der Waals surface area (Å²) in [6.45, 7) is 4.69. The fourth-order valence-electron chi connectivity index (χ4n) is 1.45. The normalized spacial score (nSPS) is 13.9. The minimum atomic E-state index is -0.694. The molecule has 16 heavy (non-hydrogen) atoms. The summed E-state index contributed by atoms with van der Waals surface area (Å²) in [6.07, 6.45) is 3.87. The highest BCUT2D eigenvalue weighted by Gasteiger charge is 2.29. The monoisotopic (exact) mass is 227 g/mol. The number of nitrogens with one attached hydrogen (secondary N) is 1. The van der Waals surface area contributed by atoms with Crippen LogP contribution in [0.25, 0.3) is 10.4 Å². The minimum absolute atomic E-state index is 0.327. The summed E-state index contributed by atoms with van der Waals surface area (Å²) in [5.74, 6) is -0.357. The summed E-state index contributed by atoms with van der Waals surface area (Å²) in [5.41, 5.74) is 12.8. The number of nitrogens with zero attached hydrogens (tertiary/aromatic N) is 3. The van der Waals surface area contributed by atoms with E-state index in [1.807, 2.05) is 0 Å². The molecule has 1 amide bonds. The van der Waals surface area contributed by atoms with Crippen molar-refractivity contribution in [3.8, 4) is 0 Å². The van der Waals surface area contributed by atoms with Gasteiger partial charge in [-0.05, 0) is 18.9 Å². The number of nitrogens with two attached hydrogens (primary N) is 1. The molecule has 0 aromatic carbocycles. The van der Waals surface area contributed by atoms with Gasteiger partial charge in [-0.25, -0.2) is 0 Å². The molecule has 3 N–H and O–H groups in total. The lowest BCUT2D eigenvalue weighted by Gasteiger charge is -2.27. The third-order valence-corrected chi connectivity index (χ3v) is 2.61. The molecule has 0 aliphatic carbocycles. The number of carbonyl (C=O) groups excluding carboxylic acids is 1. The maximum Gasteiger partial charge on any atom is 0.237 e. The summed E-state index contributed by atoms with van der Waals surface area (Å²) >= 11 is 0. The van der Waals surface area contributed by atoms with Crippen molar-refractivity contribution in [2.24, 2.45) is 10.8 Å². The first kappa shape index (κ1) is 14.7. The van der Waals surface area contributed by atoms with Gasteiger partial charge in [0.2, 0.25) is 5.91 Å². The second-order valence-corrected chi connectivity index (χ2v) is 4.03. The number of amides is 1. The Hall–Kier alpha value is -1.26. The fraction of sp³-hybridized carbons (Fsp3) is 0.900. The van der Waals surface area contributed by atoms with Gasteiger partial charge in [0.1, 0.15) is 0 Å². The van der Waals surface area contributed by atoms with E-state index in [0.29, 0.717) is 19.5 Å². The van der Waals surface area contributed by atoms with Crippen LogP contribution in [0.1, 0.15) is 39.5 Å². The van der Waals surface area contributed by atoms with Crippen LogP contribution in [0.5, 0.6) is 0 Å². The Kier molecular flexibility index (Phi) is 7.33. The third-order valence-electron chi connectivity index (χ3n) is 2.61. The van der Waals surface area contributed by atoms with Crippen molar-refractivity contribution in [1.29, 1.82) is 0 Å². The Balaban J connectivity index is 4.11. The zero-order valence-electron chi connectivity index (χ0n) is 10.1. The van der Waals surface area contributed by atoms with Crippen LogP contribution in [0, 0.1) is 0 Å². The van der Waals surface area contributed by atoms with Crippen molar-refractivity contribution in [3.63, 3.8) is 0 Å². The molecule has 0 heterocycles. The molecule has 0 fully saturated rings. The Bertz CT molecular complexity index is 262. The molecule has 0 aromatic rings. The topological polar surface area (TPSA) is 104 Å². The lowest BCUT2D eigenvalue weighted by molar-refractivity contribution is -0.124. The molecule has 0 saturated carbocycles. The van der Waals surface area contributed by atoms with Gasteiger partial charge >= 0.3 is 0 Å². The number of primary amides is 1. The third kappa shape index (κ3) is 5.58. The molecule has 1 atom stereocenters. The van der Waals surface area contributed by atoms with E-state index in [1.165, 1.54) is 0 Å². The van der Waals surface area contributed by atoms with Crippen LogP contribution in [0.4, 0.5) is 0 Å². The molecule has 6 nitrogen and oxygen atoms in total. The van der Waals surface area contributed by atoms with Gasteiger partial charge in [-0.15, -0.1) is 0 Å². The fourth-order valence-corrected chi connectivity index (χ4v) is 1.45. The summed E-state index contributed by atoms with van der Waals surface area (Å²) < 4.78 is 0. The van der Waals surface area contributed by atoms with Gasteiger partial charge in [-0.3, -0.25) is 4.79 Å². The van der Waals surface area contributed by atoms with Gasteiger partial charge in [-0.2, -0.15) is 0 Å². The maximum absolute atomic E-state index is 11.3. The molecular weight excluding hydrogens is 206 g/mol. The zero-order valence-corrected chi connectivity index (χ0v) is 10.1. The number of carbonyl (C=O) groups is 1. The molecule has 0 aliphatic rings. The van der Waals surface area contributed by atoms with Crippen molar-refractivity contribution >= 4 is 5.91 Å². The number of hydrogen-bond acceptors (Lipinski definition) is 3. The van der Waals surface area contributed by atoms with Gasteiger partial charge in [0.25, 0.3) is 0 Å². The van der Waals surface area contributed by atoms with Crippen LogP contribution >= 0.6 is 0 Å². The molecule has 0 spiro atoms. The van der Waals surface area contributed by atoms with Gasteiger partial charge in [0, 0.05) is 18.0 Å². The quantitative estimate of drug-likeness (QED) is 0.271. The van der Waals surface area contributed by atoms with E-state index in [2.05, 4.69) is 22.3 Å². The Morgan fingerprint density at radius 2 is 2.25 bits per heavy atom. The molecule has 6 heteroatoms. The van der Waals surface area contributed by atoms with E-state index in [1.54, 1.807) is 6.92 Å². The first-order chi connectivity index (χ1) is 7.56. The Morgan fingerprint density at radius 1 is 1.56 bits per heavy atom. The molecular formula is C10H21N5O. The van der Waals surface area contributed by atoms with E-state index in [4.69, 9.17) is 11.3 Å². The number of unbranched alkanes of at least 4 members (excludes halogenated alkanes) is 2. The van der Waals surface area contributed by atoms with Crippen LogP contribution in [-0.2, 0) is 4.79 Å². The van der Waals surface area contributed by atoms with Crippen molar-refractivity contribution < 1.29 is 4.79 Å². The van der Waals surface area contributed by atoms with Crippen molar-refractivity contribution in [2.75, 3.05) is 13.1 Å². The van der Waals surface area contributed by atoms with Crippen LogP contribution in [0.2, 0.25) is 0 Å². The largest absolute Gasteiger partial charge is 0.368 e. The van der Waals surface area contributed by atoms with E-state index < -0.39 is 5.54 Å². The molecule has 92 valence electrons. The highest BCUT2D eigenvalue weighted by Crippen LogP contribution is 2.14.